The van der Waals surface area contributed by atoms with Crippen molar-refractivity contribution in [3.8, 4) is 11.5 Å². The summed E-state index contributed by atoms with van der Waals surface area (Å²) in [5.74, 6) is 1.28. The number of rotatable bonds is 6. The van der Waals surface area contributed by atoms with E-state index in [-0.39, 0.29) is 11.5 Å². The quantitative estimate of drug-likeness (QED) is 0.548. The fourth-order valence-electron chi connectivity index (χ4n) is 1.36. The zero-order chi connectivity index (χ0) is 12.0. The van der Waals surface area contributed by atoms with Crippen LogP contribution < -0.4 is 9.47 Å². The van der Waals surface area contributed by atoms with Crippen LogP contribution in [0.2, 0.25) is 0 Å². The van der Waals surface area contributed by atoms with Gasteiger partial charge in [0.05, 0.1) is 13.7 Å². The first-order chi connectivity index (χ1) is 7.67. The van der Waals surface area contributed by atoms with E-state index in [4.69, 9.17) is 9.47 Å². The first-order valence-electron chi connectivity index (χ1n) is 5.09. The minimum Gasteiger partial charge on any atom is -0.493 e. The summed E-state index contributed by atoms with van der Waals surface area (Å²) >= 11 is 0. The molecule has 5 nitrogen and oxygen atoms in total. The Morgan fingerprint density at radius 1 is 1.38 bits per heavy atom. The van der Waals surface area contributed by atoms with Crippen molar-refractivity contribution in [3.63, 3.8) is 0 Å². The average molecular weight is 225 g/mol. The van der Waals surface area contributed by atoms with Crippen molar-refractivity contribution in [1.29, 1.82) is 0 Å². The molecule has 16 heavy (non-hydrogen) atoms. The third-order valence-electron chi connectivity index (χ3n) is 2.11. The lowest BCUT2D eigenvalue weighted by Gasteiger charge is -2.10. The maximum atomic E-state index is 10.2. The van der Waals surface area contributed by atoms with Crippen LogP contribution in [-0.2, 0) is 6.42 Å². The highest BCUT2D eigenvalue weighted by Crippen LogP contribution is 2.28. The van der Waals surface area contributed by atoms with E-state index in [0.29, 0.717) is 24.5 Å². The van der Waals surface area contributed by atoms with Crippen LogP contribution in [0.3, 0.4) is 0 Å². The molecule has 0 atom stereocenters. The molecule has 1 aromatic rings. The fraction of sp³-hybridized carbons (Fsp3) is 0.455. The van der Waals surface area contributed by atoms with Crippen LogP contribution in [0.1, 0.15) is 12.5 Å². The van der Waals surface area contributed by atoms with Crippen LogP contribution in [0.25, 0.3) is 0 Å². The molecule has 0 N–H and O–H groups in total. The van der Waals surface area contributed by atoms with Crippen molar-refractivity contribution in [2.75, 3.05) is 20.3 Å². The van der Waals surface area contributed by atoms with Crippen molar-refractivity contribution in [3.05, 3.63) is 33.9 Å². The number of nitro groups is 1. The molecule has 0 bridgehead atoms. The first kappa shape index (κ1) is 12.3. The summed E-state index contributed by atoms with van der Waals surface area (Å²) in [4.78, 5) is 9.92. The SMILES string of the molecule is CCOc1ccc(CC[N+](=O)[O-])cc1OC. The number of ether oxygens (including phenoxy) is 2. The molecule has 0 aromatic heterocycles. The van der Waals surface area contributed by atoms with E-state index < -0.39 is 0 Å². The van der Waals surface area contributed by atoms with Gasteiger partial charge in [-0.15, -0.1) is 0 Å². The van der Waals surface area contributed by atoms with Crippen molar-refractivity contribution in [1.82, 2.24) is 0 Å². The van der Waals surface area contributed by atoms with Crippen molar-refractivity contribution >= 4 is 0 Å². The first-order valence-corrected chi connectivity index (χ1v) is 5.09. The maximum absolute atomic E-state index is 10.2. The van der Waals surface area contributed by atoms with Crippen LogP contribution in [0, 0.1) is 10.1 Å². The minimum atomic E-state index is -0.330. The van der Waals surface area contributed by atoms with E-state index >= 15 is 0 Å². The van der Waals surface area contributed by atoms with E-state index in [0.717, 1.165) is 5.56 Å². The van der Waals surface area contributed by atoms with Gasteiger partial charge in [-0.2, -0.15) is 0 Å². The molecular weight excluding hydrogens is 210 g/mol. The Hall–Kier alpha value is -1.78. The highest BCUT2D eigenvalue weighted by Gasteiger charge is 2.06. The summed E-state index contributed by atoms with van der Waals surface area (Å²) in [6, 6.07) is 5.36. The minimum absolute atomic E-state index is 0.0723. The summed E-state index contributed by atoms with van der Waals surface area (Å²) in [6.45, 7) is 2.38. The molecule has 1 aromatic carbocycles. The van der Waals surface area contributed by atoms with Crippen LogP contribution >= 0.6 is 0 Å². The highest BCUT2D eigenvalue weighted by atomic mass is 16.6. The Morgan fingerprint density at radius 2 is 2.12 bits per heavy atom. The Morgan fingerprint density at radius 3 is 2.69 bits per heavy atom. The molecule has 0 saturated carbocycles. The number of hydrogen-bond acceptors (Lipinski definition) is 4. The monoisotopic (exact) mass is 225 g/mol. The summed E-state index contributed by atoms with van der Waals surface area (Å²) in [5, 5.41) is 10.2. The van der Waals surface area contributed by atoms with Gasteiger partial charge in [-0.25, -0.2) is 0 Å². The second kappa shape index (κ2) is 5.95. The van der Waals surface area contributed by atoms with E-state index in [2.05, 4.69) is 0 Å². The molecule has 1 rings (SSSR count). The molecule has 0 aliphatic rings. The second-order valence-corrected chi connectivity index (χ2v) is 3.22. The number of nitrogens with zero attached hydrogens (tertiary/aromatic N) is 1. The van der Waals surface area contributed by atoms with Gasteiger partial charge in [-0.05, 0) is 24.6 Å². The Labute approximate surface area is 94.1 Å². The van der Waals surface area contributed by atoms with E-state index in [9.17, 15) is 10.1 Å². The number of benzene rings is 1. The fourth-order valence-corrected chi connectivity index (χ4v) is 1.36. The van der Waals surface area contributed by atoms with Gasteiger partial charge in [-0.1, -0.05) is 6.07 Å². The number of hydrogen-bond donors (Lipinski definition) is 0. The molecule has 0 fully saturated rings. The predicted molar refractivity (Wildman–Crippen MR) is 59.7 cm³/mol. The zero-order valence-electron chi connectivity index (χ0n) is 9.43. The summed E-state index contributed by atoms with van der Waals surface area (Å²) in [6.07, 6.45) is 0.399. The molecule has 0 radical (unpaired) electrons. The van der Waals surface area contributed by atoms with Gasteiger partial charge in [0.15, 0.2) is 11.5 Å². The summed E-state index contributed by atoms with van der Waals surface area (Å²) in [5.41, 5.74) is 0.872. The molecule has 0 saturated heterocycles. The lowest BCUT2D eigenvalue weighted by molar-refractivity contribution is -0.479. The van der Waals surface area contributed by atoms with Gasteiger partial charge in [-0.3, -0.25) is 10.1 Å². The van der Waals surface area contributed by atoms with E-state index in [1.807, 2.05) is 13.0 Å². The predicted octanol–water partition coefficient (Wildman–Crippen LogP) is 1.91. The maximum Gasteiger partial charge on any atom is 0.207 e. The Balaban J connectivity index is 2.77. The molecule has 0 heterocycles. The van der Waals surface area contributed by atoms with Crippen molar-refractivity contribution in [2.45, 2.75) is 13.3 Å². The lowest BCUT2D eigenvalue weighted by atomic mass is 10.1. The van der Waals surface area contributed by atoms with Gasteiger partial charge in [0.1, 0.15) is 0 Å². The third kappa shape index (κ3) is 3.42. The van der Waals surface area contributed by atoms with Crippen LogP contribution in [0.4, 0.5) is 0 Å². The standard InChI is InChI=1S/C11H15NO4/c1-3-16-10-5-4-9(6-7-12(13)14)8-11(10)15-2/h4-5,8H,3,6-7H2,1-2H3. The zero-order valence-corrected chi connectivity index (χ0v) is 9.43. The lowest BCUT2D eigenvalue weighted by Crippen LogP contribution is -2.04. The molecule has 0 aliphatic heterocycles. The highest BCUT2D eigenvalue weighted by molar-refractivity contribution is 5.42. The number of methoxy groups -OCH3 is 1. The van der Waals surface area contributed by atoms with Gasteiger partial charge in [0, 0.05) is 11.3 Å². The largest absolute Gasteiger partial charge is 0.493 e. The van der Waals surface area contributed by atoms with Crippen LogP contribution in [-0.4, -0.2) is 25.2 Å². The molecule has 0 spiro atoms. The van der Waals surface area contributed by atoms with E-state index in [1.54, 1.807) is 19.2 Å². The second-order valence-electron chi connectivity index (χ2n) is 3.22. The van der Waals surface area contributed by atoms with E-state index in [1.165, 1.54) is 0 Å². The molecule has 0 unspecified atom stereocenters. The van der Waals surface area contributed by atoms with Gasteiger partial charge in [0.25, 0.3) is 0 Å². The Kier molecular flexibility index (Phi) is 4.57. The molecule has 0 amide bonds. The van der Waals surface area contributed by atoms with Gasteiger partial charge in [0.2, 0.25) is 6.54 Å². The molecular formula is C11H15NO4. The molecule has 0 aliphatic carbocycles. The third-order valence-corrected chi connectivity index (χ3v) is 2.11. The smallest absolute Gasteiger partial charge is 0.207 e. The summed E-state index contributed by atoms with van der Waals surface area (Å²) in [7, 11) is 1.55. The topological polar surface area (TPSA) is 61.6 Å². The molecule has 5 heteroatoms. The molecule has 88 valence electrons. The van der Waals surface area contributed by atoms with Crippen LogP contribution in [0.15, 0.2) is 18.2 Å². The van der Waals surface area contributed by atoms with Crippen LogP contribution in [0.5, 0.6) is 11.5 Å². The van der Waals surface area contributed by atoms with Gasteiger partial charge < -0.3 is 9.47 Å². The summed E-state index contributed by atoms with van der Waals surface area (Å²) < 4.78 is 10.5. The van der Waals surface area contributed by atoms with Crippen molar-refractivity contribution < 1.29 is 14.4 Å². The van der Waals surface area contributed by atoms with Crippen molar-refractivity contribution in [2.24, 2.45) is 0 Å². The van der Waals surface area contributed by atoms with Gasteiger partial charge >= 0.3 is 0 Å². The Bertz CT molecular complexity index is 365. The normalized spacial score (nSPS) is 9.88. The average Bonchev–Trinajstić information content (AvgIpc) is 2.28.